The van der Waals surface area contributed by atoms with Crippen molar-refractivity contribution in [1.29, 1.82) is 0 Å². The maximum atomic E-state index is 12.3. The second-order valence-corrected chi connectivity index (χ2v) is 7.33. The first-order chi connectivity index (χ1) is 12.0. The molecule has 0 radical (unpaired) electrons. The van der Waals surface area contributed by atoms with E-state index in [-0.39, 0.29) is 18.3 Å². The van der Waals surface area contributed by atoms with Gasteiger partial charge in [0.1, 0.15) is 0 Å². The average molecular weight is 383 g/mol. The van der Waals surface area contributed by atoms with Crippen LogP contribution in [0.4, 0.5) is 0 Å². The molecule has 3 N–H and O–H groups in total. The van der Waals surface area contributed by atoms with E-state index in [1.54, 1.807) is 0 Å². The molecule has 1 aromatic rings. The minimum atomic E-state index is -0.791. The number of nitrogens with one attached hydrogen (secondary N) is 1. The molecule has 26 heavy (non-hydrogen) atoms. The third-order valence-electron chi connectivity index (χ3n) is 5.15. The Balaban J connectivity index is 0.00000338. The molecule has 0 aliphatic carbocycles. The summed E-state index contributed by atoms with van der Waals surface area (Å²) in [5.74, 6) is -0.0688. The van der Waals surface area contributed by atoms with Crippen LogP contribution < -0.4 is 11.1 Å². The molecule has 0 spiro atoms. The summed E-state index contributed by atoms with van der Waals surface area (Å²) in [6.07, 6.45) is 1.60. The normalized spacial score (nSPS) is 18.0. The number of carbonyl (C=O) groups is 1. The van der Waals surface area contributed by atoms with Crippen LogP contribution in [0.1, 0.15) is 44.7 Å². The molecule has 1 aliphatic rings. The lowest BCUT2D eigenvalue weighted by Gasteiger charge is -2.34. The molecule has 5 nitrogen and oxygen atoms in total. The highest BCUT2D eigenvalue weighted by atomic mass is 35.5. The molecule has 1 saturated heterocycles. The van der Waals surface area contributed by atoms with E-state index >= 15 is 0 Å². The van der Waals surface area contributed by atoms with E-state index in [1.165, 1.54) is 11.1 Å². The van der Waals surface area contributed by atoms with Crippen molar-refractivity contribution < 1.29 is 4.79 Å². The summed E-state index contributed by atoms with van der Waals surface area (Å²) in [4.78, 5) is 17.3. The first-order valence-corrected chi connectivity index (χ1v) is 9.55. The van der Waals surface area contributed by atoms with Gasteiger partial charge in [-0.3, -0.25) is 9.69 Å². The molecule has 1 aromatic carbocycles. The van der Waals surface area contributed by atoms with Crippen LogP contribution in [0.15, 0.2) is 24.3 Å². The smallest absolute Gasteiger partial charge is 0.240 e. The van der Waals surface area contributed by atoms with Gasteiger partial charge >= 0.3 is 0 Å². The molecule has 6 heteroatoms. The number of nitrogens with two attached hydrogens (primary N) is 1. The Morgan fingerprint density at radius 1 is 1.12 bits per heavy atom. The molecule has 1 atom stereocenters. The summed E-state index contributed by atoms with van der Waals surface area (Å²) in [7, 11) is 0. The molecule has 1 amide bonds. The van der Waals surface area contributed by atoms with Gasteiger partial charge < -0.3 is 16.0 Å². The largest absolute Gasteiger partial charge is 0.350 e. The molecule has 0 aromatic heterocycles. The molecule has 1 fully saturated rings. The minimum absolute atomic E-state index is 0. The maximum Gasteiger partial charge on any atom is 0.240 e. The number of hydrogen-bond acceptors (Lipinski definition) is 4. The number of carbonyl (C=O) groups excluding carboxylic acids is 1. The Bertz CT molecular complexity index is 556. The fraction of sp³-hybridized carbons (Fsp3) is 0.650. The van der Waals surface area contributed by atoms with E-state index in [4.69, 9.17) is 5.73 Å². The number of likely N-dealkylation sites (N-methyl/N-ethyl adjacent to an activating group) is 1. The van der Waals surface area contributed by atoms with Crippen molar-refractivity contribution in [3.8, 4) is 0 Å². The quantitative estimate of drug-likeness (QED) is 0.724. The zero-order chi connectivity index (χ0) is 18.3. The van der Waals surface area contributed by atoms with Crippen LogP contribution >= 0.6 is 12.4 Å². The van der Waals surface area contributed by atoms with E-state index in [1.807, 2.05) is 19.9 Å². The molecule has 2 rings (SSSR count). The monoisotopic (exact) mass is 382 g/mol. The Kier molecular flexibility index (Phi) is 9.58. The maximum absolute atomic E-state index is 12.3. The van der Waals surface area contributed by atoms with E-state index in [9.17, 15) is 4.79 Å². The molecular formula is C20H35ClN4O. The Hall–Kier alpha value is -1.14. The van der Waals surface area contributed by atoms with Crippen molar-refractivity contribution in [2.75, 3.05) is 32.7 Å². The molecule has 0 saturated carbocycles. The van der Waals surface area contributed by atoms with Gasteiger partial charge in [0.05, 0.1) is 5.54 Å². The summed E-state index contributed by atoms with van der Waals surface area (Å²) in [5.41, 5.74) is 7.81. The standard InChI is InChI=1S/C20H34N4O.ClH/c1-4-10-20(3,21)19(25)22-15-17-8-6-7-9-18(17)16-24-13-11-23(5-2)12-14-24;/h6-9H,4-5,10-16,21H2,1-3H3,(H,22,25);1H. The molecular weight excluding hydrogens is 348 g/mol. The fourth-order valence-electron chi connectivity index (χ4n) is 3.40. The molecule has 1 heterocycles. The van der Waals surface area contributed by atoms with Crippen molar-refractivity contribution in [2.24, 2.45) is 5.73 Å². The molecule has 0 bridgehead atoms. The lowest BCUT2D eigenvalue weighted by Crippen LogP contribution is -2.51. The summed E-state index contributed by atoms with van der Waals surface area (Å²) in [6.45, 7) is 13.2. The van der Waals surface area contributed by atoms with Gasteiger partial charge in [0.25, 0.3) is 0 Å². The Labute approximate surface area is 164 Å². The third kappa shape index (κ3) is 6.54. The number of amides is 1. The van der Waals surface area contributed by atoms with Crippen LogP contribution in [0.5, 0.6) is 0 Å². The number of rotatable bonds is 8. The lowest BCUT2D eigenvalue weighted by atomic mass is 9.96. The number of nitrogens with zero attached hydrogens (tertiary/aromatic N) is 2. The van der Waals surface area contributed by atoms with Crippen LogP contribution in [0, 0.1) is 0 Å². The first kappa shape index (κ1) is 22.9. The van der Waals surface area contributed by atoms with Gasteiger partial charge in [-0.1, -0.05) is 44.5 Å². The Morgan fingerprint density at radius 2 is 1.69 bits per heavy atom. The van der Waals surface area contributed by atoms with Gasteiger partial charge in [0, 0.05) is 39.3 Å². The fourth-order valence-corrected chi connectivity index (χ4v) is 3.40. The predicted octanol–water partition coefficient (Wildman–Crippen LogP) is 2.38. The van der Waals surface area contributed by atoms with Crippen molar-refractivity contribution in [3.63, 3.8) is 0 Å². The van der Waals surface area contributed by atoms with Gasteiger partial charge in [-0.2, -0.15) is 0 Å². The Morgan fingerprint density at radius 3 is 2.27 bits per heavy atom. The van der Waals surface area contributed by atoms with Gasteiger partial charge in [-0.05, 0) is 31.0 Å². The predicted molar refractivity (Wildman–Crippen MR) is 110 cm³/mol. The van der Waals surface area contributed by atoms with Crippen LogP contribution in [-0.4, -0.2) is 54.0 Å². The molecule has 1 unspecified atom stereocenters. The van der Waals surface area contributed by atoms with Gasteiger partial charge in [0.15, 0.2) is 0 Å². The number of piperazine rings is 1. The van der Waals surface area contributed by atoms with Crippen molar-refractivity contribution in [1.82, 2.24) is 15.1 Å². The van der Waals surface area contributed by atoms with Crippen molar-refractivity contribution in [2.45, 2.75) is 52.2 Å². The van der Waals surface area contributed by atoms with Crippen molar-refractivity contribution >= 4 is 18.3 Å². The topological polar surface area (TPSA) is 61.6 Å². The molecule has 148 valence electrons. The summed E-state index contributed by atoms with van der Waals surface area (Å²) < 4.78 is 0. The molecule has 1 aliphatic heterocycles. The summed E-state index contributed by atoms with van der Waals surface area (Å²) in [5, 5.41) is 3.03. The SMILES string of the molecule is CCCC(C)(N)C(=O)NCc1ccccc1CN1CCN(CC)CC1.Cl. The lowest BCUT2D eigenvalue weighted by molar-refractivity contribution is -0.126. The van der Waals surface area contributed by atoms with E-state index in [0.717, 1.165) is 45.7 Å². The highest BCUT2D eigenvalue weighted by molar-refractivity contribution is 5.85. The second kappa shape index (κ2) is 10.9. The van der Waals surface area contributed by atoms with Gasteiger partial charge in [0.2, 0.25) is 5.91 Å². The van der Waals surface area contributed by atoms with E-state index in [0.29, 0.717) is 13.0 Å². The number of halogens is 1. The summed E-state index contributed by atoms with van der Waals surface area (Å²) in [6, 6.07) is 8.38. The van der Waals surface area contributed by atoms with Gasteiger partial charge in [-0.15, -0.1) is 12.4 Å². The highest BCUT2D eigenvalue weighted by Crippen LogP contribution is 2.15. The van der Waals surface area contributed by atoms with Crippen LogP contribution in [0.25, 0.3) is 0 Å². The van der Waals surface area contributed by atoms with Crippen LogP contribution in [0.2, 0.25) is 0 Å². The van der Waals surface area contributed by atoms with Gasteiger partial charge in [-0.25, -0.2) is 0 Å². The van der Waals surface area contributed by atoms with Crippen LogP contribution in [0.3, 0.4) is 0 Å². The zero-order valence-electron chi connectivity index (χ0n) is 16.5. The third-order valence-corrected chi connectivity index (χ3v) is 5.15. The van der Waals surface area contributed by atoms with E-state index < -0.39 is 5.54 Å². The zero-order valence-corrected chi connectivity index (χ0v) is 17.3. The second-order valence-electron chi connectivity index (χ2n) is 7.33. The van der Waals surface area contributed by atoms with Crippen LogP contribution in [-0.2, 0) is 17.9 Å². The number of benzene rings is 1. The van der Waals surface area contributed by atoms with Crippen molar-refractivity contribution in [3.05, 3.63) is 35.4 Å². The number of hydrogen-bond donors (Lipinski definition) is 2. The summed E-state index contributed by atoms with van der Waals surface area (Å²) >= 11 is 0. The van der Waals surface area contributed by atoms with E-state index in [2.05, 4.69) is 40.2 Å². The first-order valence-electron chi connectivity index (χ1n) is 9.55. The average Bonchev–Trinajstić information content (AvgIpc) is 2.61. The minimum Gasteiger partial charge on any atom is -0.350 e. The highest BCUT2D eigenvalue weighted by Gasteiger charge is 2.26.